The van der Waals surface area contributed by atoms with Crippen LogP contribution < -0.4 is 11.4 Å². The molecule has 1 aliphatic heterocycles. The van der Waals surface area contributed by atoms with Gasteiger partial charge in [0.15, 0.2) is 0 Å². The number of benzene rings is 2. The fourth-order valence-electron chi connectivity index (χ4n) is 3.53. The fourth-order valence-corrected chi connectivity index (χ4v) is 3.53. The summed E-state index contributed by atoms with van der Waals surface area (Å²) in [7, 11) is 0. The summed E-state index contributed by atoms with van der Waals surface area (Å²) in [5, 5.41) is 0.839. The minimum absolute atomic E-state index is 0. The molecule has 0 bridgehead atoms. The fraction of sp³-hybridized carbons (Fsp3) is 0.273. The van der Waals surface area contributed by atoms with Gasteiger partial charge in [0.25, 0.3) is 5.91 Å². The summed E-state index contributed by atoms with van der Waals surface area (Å²) in [6, 6.07) is 16.3. The molecule has 1 atom stereocenters. The van der Waals surface area contributed by atoms with Crippen molar-refractivity contribution in [3.8, 4) is 11.1 Å². The van der Waals surface area contributed by atoms with Gasteiger partial charge in [0.05, 0.1) is 18.3 Å². The molecule has 152 valence electrons. The first-order valence-corrected chi connectivity index (χ1v) is 9.40. The number of morpholine rings is 1. The maximum absolute atomic E-state index is 13.0. The smallest absolute Gasteiger partial charge is 0.344 e. The minimum Gasteiger partial charge on any atom is -0.422 e. The van der Waals surface area contributed by atoms with E-state index < -0.39 is 5.63 Å². The quantitative estimate of drug-likeness (QED) is 0.663. The summed E-state index contributed by atoms with van der Waals surface area (Å²) in [5.74, 6) is -0.0719. The second-order valence-electron chi connectivity index (χ2n) is 6.89. The Morgan fingerprint density at radius 3 is 2.79 bits per heavy atom. The zero-order chi connectivity index (χ0) is 19.5. The van der Waals surface area contributed by atoms with Gasteiger partial charge in [-0.25, -0.2) is 4.79 Å². The summed E-state index contributed by atoms with van der Waals surface area (Å²) in [6.07, 6.45) is 0.695. The summed E-state index contributed by atoms with van der Waals surface area (Å²) in [5.41, 5.74) is 7.38. The molecule has 1 aromatic heterocycles. The molecule has 7 heteroatoms. The third kappa shape index (κ3) is 4.50. The van der Waals surface area contributed by atoms with E-state index in [4.69, 9.17) is 14.9 Å². The first-order chi connectivity index (χ1) is 13.7. The van der Waals surface area contributed by atoms with Gasteiger partial charge in [0, 0.05) is 24.0 Å². The van der Waals surface area contributed by atoms with Crippen LogP contribution >= 0.6 is 12.4 Å². The average molecular weight is 415 g/mol. The van der Waals surface area contributed by atoms with Crippen LogP contribution in [-0.4, -0.2) is 43.2 Å². The molecular formula is C22H23ClN2O4. The van der Waals surface area contributed by atoms with Crippen LogP contribution in [0.2, 0.25) is 0 Å². The molecule has 0 spiro atoms. The van der Waals surface area contributed by atoms with E-state index in [9.17, 15) is 9.59 Å². The highest BCUT2D eigenvalue weighted by Crippen LogP contribution is 2.23. The Kier molecular flexibility index (Phi) is 6.69. The topological polar surface area (TPSA) is 85.8 Å². The predicted octanol–water partition coefficient (Wildman–Crippen LogP) is 3.07. The molecule has 1 amide bonds. The Balaban J connectivity index is 0.00000240. The molecule has 6 nitrogen and oxygen atoms in total. The number of nitrogens with zero attached hydrogens (tertiary/aromatic N) is 1. The highest BCUT2D eigenvalue weighted by Gasteiger charge is 2.25. The van der Waals surface area contributed by atoms with Crippen LogP contribution in [-0.2, 0) is 4.74 Å². The highest BCUT2D eigenvalue weighted by atomic mass is 35.5. The second-order valence-corrected chi connectivity index (χ2v) is 6.89. The lowest BCUT2D eigenvalue weighted by atomic mass is 10.0. The number of rotatable bonds is 4. The zero-order valence-electron chi connectivity index (χ0n) is 15.9. The number of carbonyl (C=O) groups excluding carboxylic acids is 1. The molecule has 1 fully saturated rings. The van der Waals surface area contributed by atoms with Crippen molar-refractivity contribution >= 4 is 29.3 Å². The molecule has 29 heavy (non-hydrogen) atoms. The van der Waals surface area contributed by atoms with Gasteiger partial charge in [-0.1, -0.05) is 30.3 Å². The molecule has 2 N–H and O–H groups in total. The number of fused-ring (bicyclic) bond motifs is 1. The monoisotopic (exact) mass is 414 g/mol. The summed E-state index contributed by atoms with van der Waals surface area (Å²) < 4.78 is 11.1. The van der Waals surface area contributed by atoms with Gasteiger partial charge < -0.3 is 19.8 Å². The van der Waals surface area contributed by atoms with E-state index in [1.165, 1.54) is 0 Å². The lowest BCUT2D eigenvalue weighted by Crippen LogP contribution is -2.46. The second kappa shape index (κ2) is 9.22. The zero-order valence-corrected chi connectivity index (χ0v) is 16.7. The van der Waals surface area contributed by atoms with Crippen LogP contribution in [0.15, 0.2) is 63.8 Å². The number of amides is 1. The Hall–Kier alpha value is -2.67. The van der Waals surface area contributed by atoms with Crippen molar-refractivity contribution in [2.45, 2.75) is 12.5 Å². The summed E-state index contributed by atoms with van der Waals surface area (Å²) in [6.45, 7) is 2.10. The third-order valence-electron chi connectivity index (χ3n) is 4.98. The van der Waals surface area contributed by atoms with E-state index in [2.05, 4.69) is 0 Å². The van der Waals surface area contributed by atoms with Crippen molar-refractivity contribution in [1.82, 2.24) is 4.90 Å². The molecule has 3 aromatic rings. The SMILES string of the molecule is Cl.NCCC1CN(C(=O)c2cccc(-c3cc4ccccc4oc3=O)c2)CCO1. The lowest BCUT2D eigenvalue weighted by Gasteiger charge is -2.33. The van der Waals surface area contributed by atoms with Crippen molar-refractivity contribution in [3.05, 3.63) is 70.6 Å². The molecule has 0 saturated carbocycles. The minimum atomic E-state index is -0.419. The van der Waals surface area contributed by atoms with Crippen LogP contribution in [0.25, 0.3) is 22.1 Å². The molecule has 2 heterocycles. The van der Waals surface area contributed by atoms with Crippen LogP contribution in [0.1, 0.15) is 16.8 Å². The van der Waals surface area contributed by atoms with Crippen molar-refractivity contribution in [2.24, 2.45) is 5.73 Å². The lowest BCUT2D eigenvalue weighted by molar-refractivity contribution is -0.0236. The van der Waals surface area contributed by atoms with Crippen LogP contribution in [0, 0.1) is 0 Å². The number of ether oxygens (including phenoxy) is 1. The van der Waals surface area contributed by atoms with Gasteiger partial charge >= 0.3 is 5.63 Å². The van der Waals surface area contributed by atoms with E-state index in [1.807, 2.05) is 24.3 Å². The Morgan fingerprint density at radius 1 is 1.14 bits per heavy atom. The van der Waals surface area contributed by atoms with Gasteiger partial charge in [0.1, 0.15) is 5.58 Å². The number of hydrogen-bond acceptors (Lipinski definition) is 5. The van der Waals surface area contributed by atoms with Crippen molar-refractivity contribution in [1.29, 1.82) is 0 Å². The first-order valence-electron chi connectivity index (χ1n) is 9.40. The molecule has 1 unspecified atom stereocenters. The van der Waals surface area contributed by atoms with Gasteiger partial charge in [-0.05, 0) is 42.8 Å². The molecular weight excluding hydrogens is 392 g/mol. The molecule has 0 aliphatic carbocycles. The van der Waals surface area contributed by atoms with Crippen molar-refractivity contribution < 1.29 is 13.9 Å². The molecule has 4 rings (SSSR count). The normalized spacial score (nSPS) is 16.4. The van der Waals surface area contributed by atoms with Crippen LogP contribution in [0.3, 0.4) is 0 Å². The van der Waals surface area contributed by atoms with Crippen molar-refractivity contribution in [2.75, 3.05) is 26.2 Å². The van der Waals surface area contributed by atoms with E-state index in [0.717, 1.165) is 11.8 Å². The number of hydrogen-bond donors (Lipinski definition) is 1. The largest absolute Gasteiger partial charge is 0.422 e. The third-order valence-corrected chi connectivity index (χ3v) is 4.98. The predicted molar refractivity (Wildman–Crippen MR) is 114 cm³/mol. The molecule has 2 aromatic carbocycles. The molecule has 0 radical (unpaired) electrons. The Labute approximate surface area is 174 Å². The number of para-hydroxylation sites is 1. The number of halogens is 1. The summed E-state index contributed by atoms with van der Waals surface area (Å²) in [4.78, 5) is 27.2. The molecule has 1 aliphatic rings. The number of carbonyl (C=O) groups is 1. The van der Waals surface area contributed by atoms with Crippen molar-refractivity contribution in [3.63, 3.8) is 0 Å². The molecule has 1 saturated heterocycles. The first kappa shape index (κ1) is 21.0. The van der Waals surface area contributed by atoms with Gasteiger partial charge in [-0.2, -0.15) is 0 Å². The number of nitrogens with two attached hydrogens (primary N) is 1. The Morgan fingerprint density at radius 2 is 1.97 bits per heavy atom. The van der Waals surface area contributed by atoms with Gasteiger partial charge in [-0.3, -0.25) is 4.79 Å². The maximum Gasteiger partial charge on any atom is 0.344 e. The van der Waals surface area contributed by atoms with E-state index in [-0.39, 0.29) is 24.4 Å². The van der Waals surface area contributed by atoms with Crippen LogP contribution in [0.5, 0.6) is 0 Å². The summed E-state index contributed by atoms with van der Waals surface area (Å²) >= 11 is 0. The van der Waals surface area contributed by atoms with Gasteiger partial charge in [-0.15, -0.1) is 12.4 Å². The Bertz CT molecular complexity index is 1060. The maximum atomic E-state index is 13.0. The van der Waals surface area contributed by atoms with E-state index in [0.29, 0.717) is 48.5 Å². The average Bonchev–Trinajstić information content (AvgIpc) is 2.73. The van der Waals surface area contributed by atoms with E-state index >= 15 is 0 Å². The van der Waals surface area contributed by atoms with E-state index in [1.54, 1.807) is 35.2 Å². The highest BCUT2D eigenvalue weighted by molar-refractivity contribution is 5.95. The standard InChI is InChI=1S/C22H22N2O4.ClH/c23-9-8-18-14-24(10-11-27-18)21(25)17-6-3-5-15(12-17)19-13-16-4-1-2-7-20(16)28-22(19)26;/h1-7,12-13,18H,8-11,14,23H2;1H. The van der Waals surface area contributed by atoms with Gasteiger partial charge in [0.2, 0.25) is 0 Å². The van der Waals surface area contributed by atoms with Crippen LogP contribution in [0.4, 0.5) is 0 Å².